The van der Waals surface area contributed by atoms with E-state index in [1.165, 1.54) is 0 Å². The summed E-state index contributed by atoms with van der Waals surface area (Å²) in [6.07, 6.45) is 9.89. The van der Waals surface area contributed by atoms with Crippen LogP contribution < -0.4 is 9.64 Å². The summed E-state index contributed by atoms with van der Waals surface area (Å²) in [4.78, 5) is 35.2. The van der Waals surface area contributed by atoms with Crippen molar-refractivity contribution in [2.75, 3.05) is 32.6 Å². The second-order valence-electron chi connectivity index (χ2n) is 8.15. The van der Waals surface area contributed by atoms with Gasteiger partial charge in [0.15, 0.2) is 0 Å². The number of aryl methyl sites for hydroxylation is 1. The van der Waals surface area contributed by atoms with Gasteiger partial charge in [0.25, 0.3) is 5.91 Å². The second-order valence-corrected chi connectivity index (χ2v) is 8.15. The molecule has 0 unspecified atom stereocenters. The molecule has 1 saturated heterocycles. The van der Waals surface area contributed by atoms with Crippen LogP contribution in [0.4, 0.5) is 5.95 Å². The number of carbonyl (C=O) groups excluding carboxylic acids is 1. The fraction of sp³-hybridized carbons (Fsp3) is 0.375. The Balaban J connectivity index is 1.79. The highest BCUT2D eigenvalue weighted by molar-refractivity contribution is 5.94. The maximum Gasteiger partial charge on any atom is 0.255 e. The number of rotatable bonds is 5. The number of likely N-dealkylation sites (tertiary alicyclic amines) is 1. The Bertz CT molecular complexity index is 1100. The lowest BCUT2D eigenvalue weighted by molar-refractivity contribution is 0.0606. The summed E-state index contributed by atoms with van der Waals surface area (Å²) in [5.74, 6) is 1.06. The SMILES string of the molecule is COc1ccc(C(=O)N2CCCC[C@@H]2c2nc(N(C)C)ncc2-c2ccncc2C)cn1. The zero-order valence-corrected chi connectivity index (χ0v) is 18.9. The number of methoxy groups -OCH3 is 1. The second kappa shape index (κ2) is 9.30. The molecule has 0 aromatic carbocycles. The number of aromatic nitrogens is 4. The third kappa shape index (κ3) is 4.26. The van der Waals surface area contributed by atoms with E-state index in [9.17, 15) is 4.79 Å². The molecule has 3 aromatic heterocycles. The Morgan fingerprint density at radius 3 is 2.62 bits per heavy atom. The highest BCUT2D eigenvalue weighted by Crippen LogP contribution is 2.37. The summed E-state index contributed by atoms with van der Waals surface area (Å²) >= 11 is 0. The maximum absolute atomic E-state index is 13.5. The van der Waals surface area contributed by atoms with Crippen LogP contribution in [0.15, 0.2) is 43.0 Å². The average molecular weight is 433 g/mol. The number of amides is 1. The van der Waals surface area contributed by atoms with Gasteiger partial charge >= 0.3 is 0 Å². The van der Waals surface area contributed by atoms with E-state index < -0.39 is 0 Å². The molecular weight excluding hydrogens is 404 g/mol. The number of ether oxygens (including phenoxy) is 1. The molecule has 0 N–H and O–H groups in total. The summed E-state index contributed by atoms with van der Waals surface area (Å²) in [6, 6.07) is 5.31. The predicted molar refractivity (Wildman–Crippen MR) is 123 cm³/mol. The number of pyridine rings is 2. The Hall–Kier alpha value is -3.55. The van der Waals surface area contributed by atoms with Crippen LogP contribution in [0.2, 0.25) is 0 Å². The highest BCUT2D eigenvalue weighted by Gasteiger charge is 2.32. The maximum atomic E-state index is 13.5. The van der Waals surface area contributed by atoms with E-state index in [2.05, 4.69) is 15.0 Å². The van der Waals surface area contributed by atoms with Crippen LogP contribution in [0.1, 0.15) is 46.9 Å². The number of nitrogens with zero attached hydrogens (tertiary/aromatic N) is 6. The van der Waals surface area contributed by atoms with Crippen LogP contribution in [0.5, 0.6) is 5.88 Å². The zero-order chi connectivity index (χ0) is 22.7. The molecule has 4 rings (SSSR count). The number of carbonyl (C=O) groups is 1. The van der Waals surface area contributed by atoms with Gasteiger partial charge < -0.3 is 14.5 Å². The third-order valence-electron chi connectivity index (χ3n) is 5.79. The van der Waals surface area contributed by atoms with Crippen LogP contribution in [-0.4, -0.2) is 58.5 Å². The molecule has 8 heteroatoms. The minimum atomic E-state index is -0.150. The van der Waals surface area contributed by atoms with E-state index in [0.717, 1.165) is 41.6 Å². The average Bonchev–Trinajstić information content (AvgIpc) is 2.83. The Morgan fingerprint density at radius 1 is 1.09 bits per heavy atom. The molecule has 0 spiro atoms. The first-order chi connectivity index (χ1) is 15.5. The first kappa shape index (κ1) is 21.7. The summed E-state index contributed by atoms with van der Waals surface area (Å²) in [6.45, 7) is 2.70. The van der Waals surface area contributed by atoms with Crippen molar-refractivity contribution in [2.45, 2.75) is 32.2 Å². The van der Waals surface area contributed by atoms with Crippen molar-refractivity contribution < 1.29 is 9.53 Å². The molecule has 0 aliphatic carbocycles. The van der Waals surface area contributed by atoms with Gasteiger partial charge in [-0.15, -0.1) is 0 Å². The molecule has 3 aromatic rings. The first-order valence-electron chi connectivity index (χ1n) is 10.8. The smallest absolute Gasteiger partial charge is 0.255 e. The molecule has 166 valence electrons. The first-order valence-corrected chi connectivity index (χ1v) is 10.8. The fourth-order valence-corrected chi connectivity index (χ4v) is 4.09. The van der Waals surface area contributed by atoms with Gasteiger partial charge in [0.05, 0.1) is 24.4 Å². The van der Waals surface area contributed by atoms with Crippen LogP contribution in [0.3, 0.4) is 0 Å². The summed E-state index contributed by atoms with van der Waals surface area (Å²) in [7, 11) is 5.40. The Labute approximate surface area is 188 Å². The van der Waals surface area contributed by atoms with Crippen molar-refractivity contribution in [3.8, 4) is 17.0 Å². The van der Waals surface area contributed by atoms with E-state index in [1.807, 2.05) is 49.3 Å². The van der Waals surface area contributed by atoms with Crippen LogP contribution in [0, 0.1) is 6.92 Å². The Morgan fingerprint density at radius 2 is 1.94 bits per heavy atom. The van der Waals surface area contributed by atoms with Gasteiger partial charge in [0.1, 0.15) is 0 Å². The van der Waals surface area contributed by atoms with E-state index >= 15 is 0 Å². The van der Waals surface area contributed by atoms with E-state index in [-0.39, 0.29) is 11.9 Å². The number of anilines is 1. The van der Waals surface area contributed by atoms with Crippen molar-refractivity contribution in [1.82, 2.24) is 24.8 Å². The van der Waals surface area contributed by atoms with Gasteiger partial charge in [0, 0.05) is 57.1 Å². The molecule has 1 atom stereocenters. The van der Waals surface area contributed by atoms with Crippen molar-refractivity contribution in [3.63, 3.8) is 0 Å². The standard InChI is InChI=1S/C24H28N6O2/c1-16-13-25-11-10-18(16)19-15-27-24(29(2)3)28-22(19)20-7-5-6-12-30(20)23(31)17-8-9-21(32-4)26-14-17/h8-11,13-15,20H,5-7,12H2,1-4H3/t20-/m1/s1. The van der Waals surface area contributed by atoms with Gasteiger partial charge in [0.2, 0.25) is 11.8 Å². The predicted octanol–water partition coefficient (Wildman–Crippen LogP) is 3.68. The highest BCUT2D eigenvalue weighted by atomic mass is 16.5. The zero-order valence-electron chi connectivity index (χ0n) is 18.9. The number of hydrogen-bond acceptors (Lipinski definition) is 7. The van der Waals surface area contributed by atoms with Crippen molar-refractivity contribution in [2.24, 2.45) is 0 Å². The summed E-state index contributed by atoms with van der Waals surface area (Å²) in [5.41, 5.74) is 4.43. The normalized spacial score (nSPS) is 16.0. The lowest BCUT2D eigenvalue weighted by Crippen LogP contribution is -2.39. The number of hydrogen-bond donors (Lipinski definition) is 0. The lowest BCUT2D eigenvalue weighted by atomic mass is 9.92. The van der Waals surface area contributed by atoms with Gasteiger partial charge in [-0.3, -0.25) is 9.78 Å². The molecule has 1 aliphatic rings. The Kier molecular flexibility index (Phi) is 6.30. The molecule has 32 heavy (non-hydrogen) atoms. The van der Waals surface area contributed by atoms with Crippen LogP contribution >= 0.6 is 0 Å². The quantitative estimate of drug-likeness (QED) is 0.608. The topological polar surface area (TPSA) is 84.3 Å². The third-order valence-corrected chi connectivity index (χ3v) is 5.79. The van der Waals surface area contributed by atoms with Gasteiger partial charge in [-0.25, -0.2) is 15.0 Å². The minimum absolute atomic E-state index is 0.0488. The fourth-order valence-electron chi connectivity index (χ4n) is 4.09. The van der Waals surface area contributed by atoms with Crippen molar-refractivity contribution >= 4 is 11.9 Å². The molecule has 4 heterocycles. The van der Waals surface area contributed by atoms with E-state index in [0.29, 0.717) is 23.9 Å². The number of piperidine rings is 1. The molecular formula is C24H28N6O2. The van der Waals surface area contributed by atoms with Gasteiger partial charge in [-0.05, 0) is 49.4 Å². The molecule has 1 amide bonds. The van der Waals surface area contributed by atoms with E-state index in [4.69, 9.17) is 9.72 Å². The molecule has 0 bridgehead atoms. The molecule has 1 fully saturated rings. The van der Waals surface area contributed by atoms with Crippen molar-refractivity contribution in [1.29, 1.82) is 0 Å². The monoisotopic (exact) mass is 432 g/mol. The van der Waals surface area contributed by atoms with E-state index in [1.54, 1.807) is 31.6 Å². The molecule has 0 radical (unpaired) electrons. The largest absolute Gasteiger partial charge is 0.481 e. The summed E-state index contributed by atoms with van der Waals surface area (Å²) < 4.78 is 5.13. The van der Waals surface area contributed by atoms with Gasteiger partial charge in [-0.2, -0.15) is 0 Å². The lowest BCUT2D eigenvalue weighted by Gasteiger charge is -2.36. The molecule has 1 aliphatic heterocycles. The van der Waals surface area contributed by atoms with Crippen LogP contribution in [-0.2, 0) is 0 Å². The van der Waals surface area contributed by atoms with Gasteiger partial charge in [-0.1, -0.05) is 0 Å². The molecule has 8 nitrogen and oxygen atoms in total. The molecule has 0 saturated carbocycles. The van der Waals surface area contributed by atoms with Crippen molar-refractivity contribution in [3.05, 3.63) is 59.8 Å². The summed E-state index contributed by atoms with van der Waals surface area (Å²) in [5, 5.41) is 0. The minimum Gasteiger partial charge on any atom is -0.481 e. The van der Waals surface area contributed by atoms with Crippen LogP contribution in [0.25, 0.3) is 11.1 Å².